The zero-order chi connectivity index (χ0) is 21.3. The fraction of sp³-hybridized carbons (Fsp3) is 0.348. The van der Waals surface area contributed by atoms with Gasteiger partial charge in [-0.3, -0.25) is 25.0 Å². The van der Waals surface area contributed by atoms with Crippen molar-refractivity contribution in [2.24, 2.45) is 11.8 Å². The molecule has 2 aliphatic heterocycles. The van der Waals surface area contributed by atoms with Gasteiger partial charge in [0.25, 0.3) is 0 Å². The molecule has 0 aromatic heterocycles. The van der Waals surface area contributed by atoms with Crippen LogP contribution < -0.4 is 15.4 Å². The molecule has 0 aliphatic carbocycles. The summed E-state index contributed by atoms with van der Waals surface area (Å²) < 4.78 is 5.81. The first-order valence-electron chi connectivity index (χ1n) is 10.1. The number of hydrogen-bond donors (Lipinski definition) is 3. The fourth-order valence-corrected chi connectivity index (χ4v) is 4.57. The molecule has 0 saturated carbocycles. The number of rotatable bonds is 7. The molecule has 0 spiro atoms. The fourth-order valence-electron chi connectivity index (χ4n) is 4.57. The Labute approximate surface area is 174 Å². The van der Waals surface area contributed by atoms with E-state index in [0.29, 0.717) is 17.9 Å². The first-order valence-corrected chi connectivity index (χ1v) is 10.1. The van der Waals surface area contributed by atoms with Crippen molar-refractivity contribution in [3.05, 3.63) is 60.2 Å². The number of nitrogens with one attached hydrogen (secondary N) is 2. The molecule has 2 aliphatic rings. The van der Waals surface area contributed by atoms with E-state index in [2.05, 4.69) is 10.6 Å². The maximum Gasteiger partial charge on any atom is 0.324 e. The molecule has 30 heavy (non-hydrogen) atoms. The van der Waals surface area contributed by atoms with Crippen LogP contribution in [0.3, 0.4) is 0 Å². The number of carbonyl (C=O) groups excluding carboxylic acids is 2. The number of carbonyl (C=O) groups is 3. The second-order valence-electron chi connectivity index (χ2n) is 7.84. The van der Waals surface area contributed by atoms with Gasteiger partial charge in [-0.25, -0.2) is 0 Å². The smallest absolute Gasteiger partial charge is 0.324 e. The number of aliphatic carboxylic acids is 1. The van der Waals surface area contributed by atoms with E-state index in [4.69, 9.17) is 4.74 Å². The van der Waals surface area contributed by atoms with Crippen molar-refractivity contribution in [2.45, 2.75) is 37.8 Å². The predicted octanol–water partition coefficient (Wildman–Crippen LogP) is 3.03. The predicted molar refractivity (Wildman–Crippen MR) is 109 cm³/mol. The molecule has 2 aromatic rings. The van der Waals surface area contributed by atoms with Gasteiger partial charge in [-0.2, -0.15) is 0 Å². The van der Waals surface area contributed by atoms with Crippen molar-refractivity contribution in [1.29, 1.82) is 0 Å². The van der Waals surface area contributed by atoms with E-state index in [9.17, 15) is 19.5 Å². The van der Waals surface area contributed by atoms with E-state index in [1.165, 1.54) is 0 Å². The molecule has 156 valence electrons. The Bertz CT molecular complexity index is 959. The van der Waals surface area contributed by atoms with Crippen LogP contribution in [-0.2, 0) is 14.4 Å². The van der Waals surface area contributed by atoms with E-state index >= 15 is 0 Å². The number of para-hydroxylation sites is 1. The van der Waals surface area contributed by atoms with Gasteiger partial charge in [0.05, 0.1) is 11.8 Å². The average molecular weight is 408 g/mol. The topological polar surface area (TPSA) is 105 Å². The number of amides is 2. The second kappa shape index (κ2) is 7.91. The Morgan fingerprint density at radius 1 is 1.03 bits per heavy atom. The minimum atomic E-state index is -1.46. The van der Waals surface area contributed by atoms with Crippen LogP contribution in [-0.4, -0.2) is 28.4 Å². The van der Waals surface area contributed by atoms with Crippen LogP contribution in [0.2, 0.25) is 0 Å². The molecule has 2 saturated heterocycles. The van der Waals surface area contributed by atoms with Crippen LogP contribution in [0.5, 0.6) is 11.5 Å². The SMILES string of the molecule is CCCCC1(C(=O)O)NC(c2ccc(Oc3ccccc3)cc2)C2C(=O)NC(=O)C21. The van der Waals surface area contributed by atoms with Crippen LogP contribution in [0.15, 0.2) is 54.6 Å². The number of imide groups is 1. The first-order chi connectivity index (χ1) is 14.5. The number of unbranched alkanes of at least 4 members (excludes halogenated alkanes) is 1. The molecule has 0 bridgehead atoms. The summed E-state index contributed by atoms with van der Waals surface area (Å²) in [6.45, 7) is 1.96. The highest BCUT2D eigenvalue weighted by Gasteiger charge is 2.65. The third kappa shape index (κ3) is 3.35. The lowest BCUT2D eigenvalue weighted by Crippen LogP contribution is -2.55. The summed E-state index contributed by atoms with van der Waals surface area (Å²) in [5.41, 5.74) is -0.712. The number of hydrogen-bond acceptors (Lipinski definition) is 5. The Kier molecular flexibility index (Phi) is 5.30. The number of benzene rings is 2. The highest BCUT2D eigenvalue weighted by atomic mass is 16.5. The van der Waals surface area contributed by atoms with E-state index < -0.39 is 41.2 Å². The van der Waals surface area contributed by atoms with Gasteiger partial charge < -0.3 is 9.84 Å². The van der Waals surface area contributed by atoms with E-state index in [1.54, 1.807) is 24.3 Å². The summed E-state index contributed by atoms with van der Waals surface area (Å²) in [6.07, 6.45) is 1.72. The second-order valence-corrected chi connectivity index (χ2v) is 7.84. The Hall–Kier alpha value is -3.19. The van der Waals surface area contributed by atoms with Crippen LogP contribution in [0.4, 0.5) is 0 Å². The van der Waals surface area contributed by atoms with Crippen molar-refractivity contribution in [1.82, 2.24) is 10.6 Å². The maximum atomic E-state index is 12.6. The Morgan fingerprint density at radius 3 is 2.33 bits per heavy atom. The molecule has 0 radical (unpaired) electrons. The molecule has 7 heteroatoms. The van der Waals surface area contributed by atoms with Crippen molar-refractivity contribution in [3.8, 4) is 11.5 Å². The van der Waals surface area contributed by atoms with Crippen LogP contribution in [0.1, 0.15) is 37.8 Å². The van der Waals surface area contributed by atoms with E-state index in [1.807, 2.05) is 37.3 Å². The largest absolute Gasteiger partial charge is 0.480 e. The lowest BCUT2D eigenvalue weighted by atomic mass is 9.76. The molecule has 2 fully saturated rings. The molecular weight excluding hydrogens is 384 g/mol. The zero-order valence-corrected chi connectivity index (χ0v) is 16.6. The standard InChI is InChI=1S/C23H24N2O5/c1-2-3-13-23(22(28)29)18-17(20(26)24-21(18)27)19(25-23)14-9-11-16(12-10-14)30-15-7-5-4-6-8-15/h4-12,17-19,25H,2-3,13H2,1H3,(H,28,29)(H,24,26,27). The van der Waals surface area contributed by atoms with Gasteiger partial charge in [0.2, 0.25) is 11.8 Å². The Morgan fingerprint density at radius 2 is 1.70 bits per heavy atom. The van der Waals surface area contributed by atoms with Crippen molar-refractivity contribution in [2.75, 3.05) is 0 Å². The van der Waals surface area contributed by atoms with Gasteiger partial charge in [-0.05, 0) is 36.2 Å². The van der Waals surface area contributed by atoms with Gasteiger partial charge in [0.1, 0.15) is 17.0 Å². The summed E-state index contributed by atoms with van der Waals surface area (Å²) in [7, 11) is 0. The molecule has 4 atom stereocenters. The average Bonchev–Trinajstić information content (AvgIpc) is 3.25. The highest BCUT2D eigenvalue weighted by molar-refractivity contribution is 6.09. The zero-order valence-electron chi connectivity index (χ0n) is 16.6. The monoisotopic (exact) mass is 408 g/mol. The van der Waals surface area contributed by atoms with Gasteiger partial charge in [-0.15, -0.1) is 0 Å². The molecule has 3 N–H and O–H groups in total. The summed E-state index contributed by atoms with van der Waals surface area (Å²) in [5.74, 6) is -2.39. The summed E-state index contributed by atoms with van der Waals surface area (Å²) in [5, 5.41) is 15.5. The van der Waals surface area contributed by atoms with Crippen molar-refractivity contribution in [3.63, 3.8) is 0 Å². The molecule has 4 rings (SSSR count). The quantitative estimate of drug-likeness (QED) is 0.609. The first kappa shape index (κ1) is 20.1. The number of fused-ring (bicyclic) bond motifs is 1. The van der Waals surface area contributed by atoms with Crippen molar-refractivity contribution < 1.29 is 24.2 Å². The number of carboxylic acid groups (broad SMARTS) is 1. The lowest BCUT2D eigenvalue weighted by Gasteiger charge is -2.29. The normalized spacial score (nSPS) is 27.6. The van der Waals surface area contributed by atoms with Crippen molar-refractivity contribution >= 4 is 17.8 Å². The maximum absolute atomic E-state index is 12.6. The van der Waals surface area contributed by atoms with Gasteiger partial charge >= 0.3 is 5.97 Å². The number of carboxylic acids is 1. The van der Waals surface area contributed by atoms with Crippen LogP contribution in [0.25, 0.3) is 0 Å². The van der Waals surface area contributed by atoms with Gasteiger partial charge in [0, 0.05) is 6.04 Å². The minimum Gasteiger partial charge on any atom is -0.480 e. The third-order valence-electron chi connectivity index (χ3n) is 6.02. The van der Waals surface area contributed by atoms with Gasteiger partial charge in [0.15, 0.2) is 0 Å². The van der Waals surface area contributed by atoms with E-state index in [-0.39, 0.29) is 6.42 Å². The van der Waals surface area contributed by atoms with Gasteiger partial charge in [-0.1, -0.05) is 50.1 Å². The van der Waals surface area contributed by atoms with Crippen LogP contribution >= 0.6 is 0 Å². The van der Waals surface area contributed by atoms with E-state index in [0.717, 1.165) is 12.0 Å². The van der Waals surface area contributed by atoms with Crippen LogP contribution in [0, 0.1) is 11.8 Å². The molecule has 4 unspecified atom stereocenters. The summed E-state index contributed by atoms with van der Waals surface area (Å²) >= 11 is 0. The highest BCUT2D eigenvalue weighted by Crippen LogP contribution is 2.48. The Balaban J connectivity index is 1.64. The summed E-state index contributed by atoms with van der Waals surface area (Å²) in [4.78, 5) is 37.4. The lowest BCUT2D eigenvalue weighted by molar-refractivity contribution is -0.149. The third-order valence-corrected chi connectivity index (χ3v) is 6.02. The molecule has 2 amide bonds. The molecule has 2 heterocycles. The minimum absolute atomic E-state index is 0.284. The molecule has 7 nitrogen and oxygen atoms in total. The molecule has 2 aromatic carbocycles. The number of ether oxygens (including phenoxy) is 1. The summed E-state index contributed by atoms with van der Waals surface area (Å²) in [6, 6.07) is 16.0. The molecular formula is C23H24N2O5.